The Labute approximate surface area is 170 Å². The van der Waals surface area contributed by atoms with Crippen LogP contribution in [0.2, 0.25) is 0 Å². The van der Waals surface area contributed by atoms with Crippen LogP contribution in [0.15, 0.2) is 46.9 Å². The van der Waals surface area contributed by atoms with Crippen molar-refractivity contribution in [3.05, 3.63) is 53.0 Å². The summed E-state index contributed by atoms with van der Waals surface area (Å²) in [7, 11) is -3.49. The van der Waals surface area contributed by atoms with Crippen molar-refractivity contribution in [2.75, 3.05) is 13.2 Å². The largest absolute Gasteiger partial charge is 0.494 e. The van der Waals surface area contributed by atoms with Crippen LogP contribution < -0.4 is 4.72 Å². The van der Waals surface area contributed by atoms with Crippen LogP contribution in [-0.4, -0.2) is 48.0 Å². The van der Waals surface area contributed by atoms with E-state index in [0.717, 1.165) is 21.1 Å². The molecule has 0 aliphatic rings. The molecule has 0 atom stereocenters. The Bertz CT molecular complexity index is 1290. The van der Waals surface area contributed by atoms with Gasteiger partial charge in [0.05, 0.1) is 44.9 Å². The van der Waals surface area contributed by atoms with E-state index >= 15 is 0 Å². The normalized spacial score (nSPS) is 12.4. The standard InChI is InChI=1S/C19H18N4O4S2/c24-8-7-22-29(26,27)10-12-1-3-13(4-2-12)20-9-14-17-15(23-19(14)25)5-6-16-18(17)21-11-28-16/h1-6,9,11,22-25H,7-8,10H2. The number of hydrogen-bond acceptors (Lipinski definition) is 7. The second-order valence-corrected chi connectivity index (χ2v) is 9.07. The molecule has 0 aliphatic heterocycles. The summed E-state index contributed by atoms with van der Waals surface area (Å²) < 4.78 is 27.1. The summed E-state index contributed by atoms with van der Waals surface area (Å²) in [6, 6.07) is 10.6. The number of benzene rings is 2. The smallest absolute Gasteiger partial charge is 0.215 e. The number of aliphatic hydroxyl groups is 1. The molecule has 2 aromatic heterocycles. The molecular weight excluding hydrogens is 412 g/mol. The topological polar surface area (TPSA) is 128 Å². The highest BCUT2D eigenvalue weighted by Gasteiger charge is 2.14. The van der Waals surface area contributed by atoms with Gasteiger partial charge in [0.1, 0.15) is 0 Å². The summed E-state index contributed by atoms with van der Waals surface area (Å²) >= 11 is 1.53. The molecular formula is C19H18N4O4S2. The van der Waals surface area contributed by atoms with Crippen molar-refractivity contribution >= 4 is 54.4 Å². The minimum atomic E-state index is -3.49. The Morgan fingerprint density at radius 1 is 1.21 bits per heavy atom. The molecule has 0 unspecified atom stereocenters. The van der Waals surface area contributed by atoms with Gasteiger partial charge >= 0.3 is 0 Å². The maximum absolute atomic E-state index is 11.9. The lowest BCUT2D eigenvalue weighted by Gasteiger charge is -2.05. The minimum Gasteiger partial charge on any atom is -0.494 e. The van der Waals surface area contributed by atoms with E-state index in [1.54, 1.807) is 36.0 Å². The molecule has 2 heterocycles. The first-order valence-corrected chi connectivity index (χ1v) is 11.3. The predicted molar refractivity (Wildman–Crippen MR) is 115 cm³/mol. The maximum atomic E-state index is 11.9. The number of aliphatic imine (C=N–C) groups is 1. The van der Waals surface area contributed by atoms with Crippen molar-refractivity contribution in [3.63, 3.8) is 0 Å². The number of fused-ring (bicyclic) bond motifs is 3. The number of hydrogen-bond donors (Lipinski definition) is 4. The van der Waals surface area contributed by atoms with Gasteiger partial charge in [-0.2, -0.15) is 0 Å². The van der Waals surface area contributed by atoms with E-state index in [1.165, 1.54) is 11.3 Å². The average Bonchev–Trinajstić information content (AvgIpc) is 3.29. The van der Waals surface area contributed by atoms with Crippen molar-refractivity contribution < 1.29 is 18.6 Å². The van der Waals surface area contributed by atoms with Gasteiger partial charge in [0.15, 0.2) is 5.88 Å². The van der Waals surface area contributed by atoms with Crippen LogP contribution in [0.5, 0.6) is 5.88 Å². The van der Waals surface area contributed by atoms with Crippen molar-refractivity contribution in [1.82, 2.24) is 14.7 Å². The number of aromatic hydroxyl groups is 1. The van der Waals surface area contributed by atoms with Gasteiger partial charge in [-0.1, -0.05) is 12.1 Å². The molecule has 2 aromatic carbocycles. The summed E-state index contributed by atoms with van der Waals surface area (Å²) in [6.45, 7) is -0.258. The Hall–Kier alpha value is -2.79. The molecule has 4 rings (SSSR count). The molecule has 10 heteroatoms. The fraction of sp³-hybridized carbons (Fsp3) is 0.158. The summed E-state index contributed by atoms with van der Waals surface area (Å²) in [6.07, 6.45) is 1.57. The number of rotatable bonds is 7. The second kappa shape index (κ2) is 7.91. The van der Waals surface area contributed by atoms with Crippen LogP contribution >= 0.6 is 11.3 Å². The third-order valence-electron chi connectivity index (χ3n) is 4.35. The number of thiazole rings is 1. The van der Waals surface area contributed by atoms with Gasteiger partial charge in [-0.25, -0.2) is 18.1 Å². The van der Waals surface area contributed by atoms with Crippen molar-refractivity contribution in [3.8, 4) is 5.88 Å². The van der Waals surface area contributed by atoms with Crippen molar-refractivity contribution in [2.24, 2.45) is 4.99 Å². The highest BCUT2D eigenvalue weighted by atomic mass is 32.2. The molecule has 0 saturated carbocycles. The highest BCUT2D eigenvalue weighted by Crippen LogP contribution is 2.33. The lowest BCUT2D eigenvalue weighted by Crippen LogP contribution is -2.27. The van der Waals surface area contributed by atoms with Crippen LogP contribution in [-0.2, 0) is 15.8 Å². The van der Waals surface area contributed by atoms with Gasteiger partial charge in [0.25, 0.3) is 0 Å². The Kier molecular flexibility index (Phi) is 5.33. The summed E-state index contributed by atoms with van der Waals surface area (Å²) in [5, 5.41) is 19.8. The molecule has 4 aromatic rings. The van der Waals surface area contributed by atoms with E-state index in [1.807, 2.05) is 12.1 Å². The van der Waals surface area contributed by atoms with Crippen LogP contribution in [0.4, 0.5) is 5.69 Å². The third kappa shape index (κ3) is 4.15. The Morgan fingerprint density at radius 2 is 2.00 bits per heavy atom. The van der Waals surface area contributed by atoms with Gasteiger partial charge in [0, 0.05) is 18.1 Å². The molecule has 4 N–H and O–H groups in total. The molecule has 0 bridgehead atoms. The minimum absolute atomic E-state index is 0.00885. The number of aliphatic hydroxyl groups excluding tert-OH is 1. The molecule has 150 valence electrons. The molecule has 0 spiro atoms. The molecule has 0 aliphatic carbocycles. The molecule has 0 fully saturated rings. The quantitative estimate of drug-likeness (QED) is 0.335. The summed E-state index contributed by atoms with van der Waals surface area (Å²) in [5.41, 5.74) is 5.12. The number of aromatic amines is 1. The third-order valence-corrected chi connectivity index (χ3v) is 6.50. The zero-order chi connectivity index (χ0) is 20.4. The van der Waals surface area contributed by atoms with Gasteiger partial charge in [-0.05, 0) is 29.8 Å². The lowest BCUT2D eigenvalue weighted by molar-refractivity contribution is 0.301. The van der Waals surface area contributed by atoms with E-state index in [0.29, 0.717) is 16.8 Å². The number of H-pyrrole nitrogens is 1. The van der Waals surface area contributed by atoms with Crippen molar-refractivity contribution in [2.45, 2.75) is 5.75 Å². The van der Waals surface area contributed by atoms with Crippen LogP contribution in [0.25, 0.3) is 21.1 Å². The molecule has 0 saturated heterocycles. The highest BCUT2D eigenvalue weighted by molar-refractivity contribution is 7.88. The van der Waals surface area contributed by atoms with E-state index in [-0.39, 0.29) is 24.8 Å². The average molecular weight is 431 g/mol. The second-order valence-electron chi connectivity index (χ2n) is 6.38. The monoisotopic (exact) mass is 430 g/mol. The number of nitrogens with one attached hydrogen (secondary N) is 2. The van der Waals surface area contributed by atoms with Gasteiger partial charge in [-0.15, -0.1) is 11.3 Å². The molecule has 29 heavy (non-hydrogen) atoms. The van der Waals surface area contributed by atoms with Crippen LogP contribution in [0, 0.1) is 0 Å². The van der Waals surface area contributed by atoms with Crippen LogP contribution in [0.3, 0.4) is 0 Å². The van der Waals surface area contributed by atoms with E-state index in [4.69, 9.17) is 5.11 Å². The van der Waals surface area contributed by atoms with Gasteiger partial charge in [0.2, 0.25) is 10.0 Å². The van der Waals surface area contributed by atoms with Crippen molar-refractivity contribution in [1.29, 1.82) is 0 Å². The lowest BCUT2D eigenvalue weighted by atomic mass is 10.1. The van der Waals surface area contributed by atoms with E-state index in [9.17, 15) is 13.5 Å². The Balaban J connectivity index is 1.58. The SMILES string of the molecule is O=S(=O)(Cc1ccc(N=Cc2c(O)[nH]c3ccc4scnc4c23)cc1)NCCO. The van der Waals surface area contributed by atoms with Crippen LogP contribution in [0.1, 0.15) is 11.1 Å². The first-order valence-electron chi connectivity index (χ1n) is 8.75. The first kappa shape index (κ1) is 19.5. The number of sulfonamides is 1. The fourth-order valence-corrected chi connectivity index (χ4v) is 4.86. The molecule has 0 radical (unpaired) electrons. The van der Waals surface area contributed by atoms with Gasteiger partial charge in [-0.3, -0.25) is 4.99 Å². The predicted octanol–water partition coefficient (Wildman–Crippen LogP) is 2.65. The maximum Gasteiger partial charge on any atom is 0.215 e. The fourth-order valence-electron chi connectivity index (χ4n) is 3.04. The molecule has 0 amide bonds. The first-order chi connectivity index (χ1) is 14.0. The number of nitrogens with zero attached hydrogens (tertiary/aromatic N) is 2. The van der Waals surface area contributed by atoms with Gasteiger partial charge < -0.3 is 15.2 Å². The Morgan fingerprint density at radius 3 is 2.76 bits per heavy atom. The number of aromatic nitrogens is 2. The molecule has 8 nitrogen and oxygen atoms in total. The summed E-state index contributed by atoms with van der Waals surface area (Å²) in [4.78, 5) is 11.7. The zero-order valence-corrected chi connectivity index (χ0v) is 16.8. The van der Waals surface area contributed by atoms with E-state index < -0.39 is 10.0 Å². The summed E-state index contributed by atoms with van der Waals surface area (Å²) in [5.74, 6) is -0.163. The zero-order valence-electron chi connectivity index (χ0n) is 15.2. The van der Waals surface area contributed by atoms with E-state index in [2.05, 4.69) is 19.7 Å².